The molecule has 0 unspecified atom stereocenters. The van der Waals surface area contributed by atoms with Gasteiger partial charge in [-0.15, -0.1) is 0 Å². The Labute approximate surface area is 125 Å². The Morgan fingerprint density at radius 3 is 1.47 bits per heavy atom. The van der Waals surface area contributed by atoms with Crippen LogP contribution in [-0.2, 0) is 10.4 Å². The number of hydrogen-bond donors (Lipinski definition) is 4. The van der Waals surface area contributed by atoms with Crippen molar-refractivity contribution >= 4 is 60.8 Å². The molecule has 5 nitrogen and oxygen atoms in total. The van der Waals surface area contributed by atoms with Crippen LogP contribution in [0.15, 0.2) is 30.3 Å². The number of phenols is 1. The fourth-order valence-electron chi connectivity index (χ4n) is 0.428. The summed E-state index contributed by atoms with van der Waals surface area (Å²) in [5.41, 5.74) is 0. The molecular formula is C7H14CaO5S2. The zero-order chi connectivity index (χ0) is 11.6. The molecule has 3 N–H and O–H groups in total. The second kappa shape index (κ2) is 12.6. The summed E-state index contributed by atoms with van der Waals surface area (Å²) in [4.78, 5) is 0. The number of aromatic hydroxyl groups is 1. The van der Waals surface area contributed by atoms with Crippen molar-refractivity contribution in [2.24, 2.45) is 0 Å². The quantitative estimate of drug-likeness (QED) is 0.313. The molecule has 1 aromatic carbocycles. The summed E-state index contributed by atoms with van der Waals surface area (Å²) in [6, 6.07) is 8.71. The van der Waals surface area contributed by atoms with Gasteiger partial charge in [0.05, 0.1) is 0 Å². The van der Waals surface area contributed by atoms with Crippen LogP contribution in [0, 0.1) is 0 Å². The van der Waals surface area contributed by atoms with E-state index < -0.39 is 10.4 Å². The van der Waals surface area contributed by atoms with Gasteiger partial charge in [-0.3, -0.25) is 9.11 Å². The van der Waals surface area contributed by atoms with Gasteiger partial charge >= 0.3 is 48.1 Å². The van der Waals surface area contributed by atoms with Gasteiger partial charge in [-0.25, -0.2) is 0 Å². The molecule has 0 fully saturated rings. The number of thiol groups is 1. The topological polar surface area (TPSA) is 94.8 Å². The van der Waals surface area contributed by atoms with Crippen LogP contribution in [0.4, 0.5) is 0 Å². The van der Waals surface area contributed by atoms with Crippen molar-refractivity contribution in [2.45, 2.75) is 0 Å². The Morgan fingerprint density at radius 2 is 1.33 bits per heavy atom. The Bertz CT molecular complexity index is 305. The van der Waals surface area contributed by atoms with Crippen LogP contribution < -0.4 is 0 Å². The predicted octanol–water partition coefficient (Wildman–Crippen LogP) is 0.369. The fourth-order valence-corrected chi connectivity index (χ4v) is 0.428. The van der Waals surface area contributed by atoms with Crippen molar-refractivity contribution < 1.29 is 22.6 Å². The molecule has 0 heterocycles. The molecule has 0 atom stereocenters. The van der Waals surface area contributed by atoms with Crippen LogP contribution in [0.1, 0.15) is 0 Å². The average Bonchev–Trinajstić information content (AvgIpc) is 2.06. The third kappa shape index (κ3) is 31.4. The third-order valence-electron chi connectivity index (χ3n) is 0.756. The van der Waals surface area contributed by atoms with Gasteiger partial charge in [0.25, 0.3) is 0 Å². The summed E-state index contributed by atoms with van der Waals surface area (Å²) in [5.74, 6) is 0.322. The molecule has 15 heavy (non-hydrogen) atoms. The number of benzene rings is 1. The van der Waals surface area contributed by atoms with Gasteiger partial charge in [0.15, 0.2) is 0 Å². The van der Waals surface area contributed by atoms with Crippen LogP contribution >= 0.6 is 12.6 Å². The van der Waals surface area contributed by atoms with Gasteiger partial charge in [-0.1, -0.05) is 18.2 Å². The van der Waals surface area contributed by atoms with Crippen molar-refractivity contribution in [3.63, 3.8) is 0 Å². The van der Waals surface area contributed by atoms with Crippen LogP contribution in [0.3, 0.4) is 0 Å². The van der Waals surface area contributed by atoms with Crippen molar-refractivity contribution in [1.82, 2.24) is 0 Å². The first-order valence-electron chi connectivity index (χ1n) is 3.28. The monoisotopic (exact) mass is 282 g/mol. The van der Waals surface area contributed by atoms with Crippen LogP contribution in [0.2, 0.25) is 0 Å². The van der Waals surface area contributed by atoms with Gasteiger partial charge in [0.1, 0.15) is 5.75 Å². The van der Waals surface area contributed by atoms with E-state index in [-0.39, 0.29) is 37.7 Å². The zero-order valence-electron chi connectivity index (χ0n) is 7.40. The molecule has 0 saturated heterocycles. The van der Waals surface area contributed by atoms with Gasteiger partial charge in [-0.05, 0) is 18.4 Å². The summed E-state index contributed by atoms with van der Waals surface area (Å²) in [5, 5.41) is 8.63. The second-order valence-corrected chi connectivity index (χ2v) is 2.68. The van der Waals surface area contributed by atoms with Crippen molar-refractivity contribution in [1.29, 1.82) is 0 Å². The normalized spacial score (nSPS) is 8.27. The minimum absolute atomic E-state index is 0. The SMILES string of the molecule is CS.O=S(=O)(O)O.Oc1ccccc1.[CaH2]. The van der Waals surface area contributed by atoms with E-state index in [1.807, 2.05) is 6.07 Å². The molecule has 1 rings (SSSR count). The third-order valence-corrected chi connectivity index (χ3v) is 0.756. The van der Waals surface area contributed by atoms with Gasteiger partial charge in [0, 0.05) is 0 Å². The van der Waals surface area contributed by atoms with Crippen molar-refractivity contribution in [3.8, 4) is 5.75 Å². The van der Waals surface area contributed by atoms with E-state index in [4.69, 9.17) is 22.6 Å². The van der Waals surface area contributed by atoms with Crippen molar-refractivity contribution in [3.05, 3.63) is 30.3 Å². The molecule has 1 aromatic rings. The Hall–Kier alpha value is 0.500. The number of hydrogen-bond acceptors (Lipinski definition) is 4. The van der Waals surface area contributed by atoms with E-state index in [2.05, 4.69) is 12.6 Å². The molecule has 0 aliphatic rings. The first-order valence-corrected chi connectivity index (χ1v) is 5.57. The standard InChI is InChI=1S/C6H6O.CH4S.Ca.H2O4S.2H/c7-6-4-2-1-3-5-6;1-2;;1-5(2,3)4;;/h1-5,7H;2H,1H3;;(H2,1,2,3,4);;. The second-order valence-electron chi connectivity index (χ2n) is 1.78. The molecule has 0 saturated carbocycles. The van der Waals surface area contributed by atoms with E-state index in [0.29, 0.717) is 5.75 Å². The van der Waals surface area contributed by atoms with Crippen LogP contribution in [0.25, 0.3) is 0 Å². The molecule has 86 valence electrons. The summed E-state index contributed by atoms with van der Waals surface area (Å²) in [6.45, 7) is 0. The van der Waals surface area contributed by atoms with Crippen molar-refractivity contribution in [2.75, 3.05) is 6.26 Å². The zero-order valence-corrected chi connectivity index (χ0v) is 9.11. The summed E-state index contributed by atoms with van der Waals surface area (Å²) in [7, 11) is -4.67. The summed E-state index contributed by atoms with van der Waals surface area (Å²) < 4.78 is 31.6. The Morgan fingerprint density at radius 1 is 1.07 bits per heavy atom. The molecule has 8 heteroatoms. The number of phenolic OH excluding ortho intramolecular Hbond substituents is 1. The first-order chi connectivity index (χ1) is 6.39. The molecule has 0 bridgehead atoms. The summed E-state index contributed by atoms with van der Waals surface area (Å²) in [6.07, 6.45) is 1.69. The van der Waals surface area contributed by atoms with Crippen LogP contribution in [0.5, 0.6) is 5.75 Å². The maximum absolute atomic E-state index is 8.74. The minimum atomic E-state index is -4.67. The van der Waals surface area contributed by atoms with Gasteiger partial charge < -0.3 is 5.11 Å². The maximum atomic E-state index is 8.74. The van der Waals surface area contributed by atoms with E-state index in [1.54, 1.807) is 30.5 Å². The Balaban J connectivity index is -0.000000162. The molecular weight excluding hydrogens is 268 g/mol. The molecule has 0 radical (unpaired) electrons. The first kappa shape index (κ1) is 20.9. The van der Waals surface area contributed by atoms with E-state index in [1.165, 1.54) is 0 Å². The summed E-state index contributed by atoms with van der Waals surface area (Å²) >= 11 is 3.53. The number of rotatable bonds is 0. The van der Waals surface area contributed by atoms with E-state index in [0.717, 1.165) is 0 Å². The van der Waals surface area contributed by atoms with E-state index in [9.17, 15) is 0 Å². The van der Waals surface area contributed by atoms with E-state index >= 15 is 0 Å². The van der Waals surface area contributed by atoms with Crippen LogP contribution in [-0.4, -0.2) is 66.6 Å². The Kier molecular flexibility index (Phi) is 17.5. The molecule has 0 amide bonds. The molecule has 0 aliphatic carbocycles. The van der Waals surface area contributed by atoms with Gasteiger partial charge in [-0.2, -0.15) is 21.0 Å². The molecule has 0 aliphatic heterocycles. The number of para-hydroxylation sites is 1. The fraction of sp³-hybridized carbons (Fsp3) is 0.143. The van der Waals surface area contributed by atoms with Gasteiger partial charge in [0.2, 0.25) is 0 Å². The molecule has 0 spiro atoms. The molecule has 0 aromatic heterocycles. The average molecular weight is 282 g/mol. The predicted molar refractivity (Wildman–Crippen MR) is 65.7 cm³/mol.